The molecule has 1 aliphatic carbocycles. The molecular formula is C8H17BrSi. The monoisotopic (exact) mass is 220 g/mol. The van der Waals surface area contributed by atoms with Crippen LogP contribution >= 0.6 is 15.3 Å². The van der Waals surface area contributed by atoms with Crippen molar-refractivity contribution in [3.05, 3.63) is 0 Å². The first kappa shape index (κ1) is 8.79. The van der Waals surface area contributed by atoms with Crippen molar-refractivity contribution in [2.24, 2.45) is 0 Å². The van der Waals surface area contributed by atoms with Gasteiger partial charge in [-0.2, -0.15) is 0 Å². The fraction of sp³-hybridized carbons (Fsp3) is 1.00. The second-order valence-electron chi connectivity index (χ2n) is 3.90. The topological polar surface area (TPSA) is 0 Å². The van der Waals surface area contributed by atoms with Gasteiger partial charge in [0.2, 0.25) is 0 Å². The summed E-state index contributed by atoms with van der Waals surface area (Å²) in [4.78, 5) is 0. The Bertz CT molecular complexity index is 100. The van der Waals surface area contributed by atoms with E-state index in [0.29, 0.717) is 0 Å². The Morgan fingerprint density at radius 1 is 1.10 bits per heavy atom. The normalized spacial score (nSPS) is 23.1. The summed E-state index contributed by atoms with van der Waals surface area (Å²) in [5.41, 5.74) is 1.06. The van der Waals surface area contributed by atoms with Crippen LogP contribution in [0.3, 0.4) is 0 Å². The molecule has 0 aliphatic heterocycles. The molecule has 0 saturated heterocycles. The van der Waals surface area contributed by atoms with E-state index in [2.05, 4.69) is 28.4 Å². The Balaban J connectivity index is 2.39. The van der Waals surface area contributed by atoms with Crippen LogP contribution in [0.1, 0.15) is 32.1 Å². The molecule has 1 aliphatic rings. The predicted molar refractivity (Wildman–Crippen MR) is 53.2 cm³/mol. The Morgan fingerprint density at radius 2 is 1.60 bits per heavy atom. The van der Waals surface area contributed by atoms with E-state index in [4.69, 9.17) is 0 Å². The van der Waals surface area contributed by atoms with E-state index >= 15 is 0 Å². The van der Waals surface area contributed by atoms with E-state index in [1.807, 2.05) is 0 Å². The Kier molecular flexibility index (Phi) is 2.98. The van der Waals surface area contributed by atoms with Crippen molar-refractivity contribution >= 4 is 22.0 Å². The predicted octanol–water partition coefficient (Wildman–Crippen LogP) is 3.92. The molecule has 0 aromatic heterocycles. The lowest BCUT2D eigenvalue weighted by atomic mass is 10.0. The van der Waals surface area contributed by atoms with E-state index in [1.165, 1.54) is 32.1 Å². The third kappa shape index (κ3) is 2.39. The summed E-state index contributed by atoms with van der Waals surface area (Å²) in [5.74, 6) is 0. The molecule has 1 fully saturated rings. The van der Waals surface area contributed by atoms with Crippen LogP contribution < -0.4 is 0 Å². The molecule has 1 saturated carbocycles. The Labute approximate surface area is 73.0 Å². The number of rotatable bonds is 1. The third-order valence-corrected chi connectivity index (χ3v) is 7.04. The minimum atomic E-state index is -0.944. The van der Waals surface area contributed by atoms with Gasteiger partial charge < -0.3 is 0 Å². The SMILES string of the molecule is C[Si](C)(Br)C1CCCCC1. The molecule has 0 unspecified atom stereocenters. The fourth-order valence-corrected chi connectivity index (χ4v) is 4.94. The first-order valence-electron chi connectivity index (χ1n) is 4.29. The zero-order chi connectivity index (χ0) is 7.61. The van der Waals surface area contributed by atoms with Gasteiger partial charge in [0.25, 0.3) is 0 Å². The lowest BCUT2D eigenvalue weighted by molar-refractivity contribution is 0.496. The van der Waals surface area contributed by atoms with Gasteiger partial charge in [0.1, 0.15) is 6.69 Å². The highest BCUT2D eigenvalue weighted by atomic mass is 79.9. The van der Waals surface area contributed by atoms with Crippen molar-refractivity contribution < 1.29 is 0 Å². The van der Waals surface area contributed by atoms with E-state index < -0.39 is 6.69 Å². The van der Waals surface area contributed by atoms with Crippen molar-refractivity contribution in [3.63, 3.8) is 0 Å². The maximum absolute atomic E-state index is 3.88. The summed E-state index contributed by atoms with van der Waals surface area (Å²) in [6.45, 7) is 3.92. The van der Waals surface area contributed by atoms with Crippen LogP contribution in [-0.2, 0) is 0 Å². The van der Waals surface area contributed by atoms with E-state index in [9.17, 15) is 0 Å². The van der Waals surface area contributed by atoms with Gasteiger partial charge >= 0.3 is 0 Å². The largest absolute Gasteiger partial charge is 0.127 e. The van der Waals surface area contributed by atoms with E-state index in [-0.39, 0.29) is 0 Å². The molecule has 0 atom stereocenters. The van der Waals surface area contributed by atoms with Gasteiger partial charge in [-0.3, -0.25) is 0 Å². The van der Waals surface area contributed by atoms with Crippen LogP contribution in [-0.4, -0.2) is 6.69 Å². The van der Waals surface area contributed by atoms with Crippen molar-refractivity contribution in [2.45, 2.75) is 50.7 Å². The fourth-order valence-electron chi connectivity index (χ4n) is 1.79. The second kappa shape index (κ2) is 3.40. The third-order valence-electron chi connectivity index (χ3n) is 2.58. The lowest BCUT2D eigenvalue weighted by Gasteiger charge is -2.30. The summed E-state index contributed by atoms with van der Waals surface area (Å²) in [6.07, 6.45) is 7.42. The summed E-state index contributed by atoms with van der Waals surface area (Å²) in [7, 11) is 0. The van der Waals surface area contributed by atoms with Gasteiger partial charge in [0.05, 0.1) is 0 Å². The van der Waals surface area contributed by atoms with Gasteiger partial charge in [-0.1, -0.05) is 45.2 Å². The highest BCUT2D eigenvalue weighted by molar-refractivity contribution is 9.26. The maximum Gasteiger partial charge on any atom is 0.127 e. The molecule has 0 spiro atoms. The molecule has 10 heavy (non-hydrogen) atoms. The van der Waals surface area contributed by atoms with Crippen molar-refractivity contribution in [3.8, 4) is 0 Å². The molecule has 0 N–H and O–H groups in total. The molecule has 1 rings (SSSR count). The molecule has 0 amide bonds. The Hall–Kier alpha value is 0.697. The van der Waals surface area contributed by atoms with Crippen LogP contribution in [0.25, 0.3) is 0 Å². The van der Waals surface area contributed by atoms with Gasteiger partial charge in [0.15, 0.2) is 0 Å². The summed E-state index contributed by atoms with van der Waals surface area (Å²) in [6, 6.07) is 0. The van der Waals surface area contributed by atoms with Crippen molar-refractivity contribution in [1.82, 2.24) is 0 Å². The highest BCUT2D eigenvalue weighted by Crippen LogP contribution is 2.39. The lowest BCUT2D eigenvalue weighted by Crippen LogP contribution is -2.26. The van der Waals surface area contributed by atoms with Gasteiger partial charge in [-0.05, 0) is 5.54 Å². The van der Waals surface area contributed by atoms with Crippen molar-refractivity contribution in [1.29, 1.82) is 0 Å². The van der Waals surface area contributed by atoms with Crippen molar-refractivity contribution in [2.75, 3.05) is 0 Å². The summed E-state index contributed by atoms with van der Waals surface area (Å²) < 4.78 is 0. The van der Waals surface area contributed by atoms with Crippen LogP contribution in [0.5, 0.6) is 0 Å². The van der Waals surface area contributed by atoms with E-state index in [0.717, 1.165) is 5.54 Å². The molecule has 0 bridgehead atoms. The number of hydrogen-bond acceptors (Lipinski definition) is 0. The smallest absolute Gasteiger partial charge is 0.126 e. The Morgan fingerprint density at radius 3 is 1.90 bits per heavy atom. The first-order chi connectivity index (χ1) is 4.61. The molecule has 0 radical (unpaired) electrons. The summed E-state index contributed by atoms with van der Waals surface area (Å²) in [5, 5.41) is 0. The van der Waals surface area contributed by atoms with Crippen LogP contribution in [0.4, 0.5) is 0 Å². The number of halogens is 1. The minimum absolute atomic E-state index is 0.944. The molecule has 2 heteroatoms. The second-order valence-corrected chi connectivity index (χ2v) is 14.0. The zero-order valence-corrected chi connectivity index (χ0v) is 9.58. The minimum Gasteiger partial charge on any atom is -0.126 e. The average Bonchev–Trinajstić information content (AvgIpc) is 1.88. The quantitative estimate of drug-likeness (QED) is 0.465. The number of hydrogen-bond donors (Lipinski definition) is 0. The standard InChI is InChI=1S/C8H17BrSi/c1-10(2,9)8-6-4-3-5-7-8/h8H,3-7H2,1-2H3. The van der Waals surface area contributed by atoms with Gasteiger partial charge in [-0.15, -0.1) is 15.3 Å². The molecule has 60 valence electrons. The molecule has 0 aromatic carbocycles. The molecular weight excluding hydrogens is 204 g/mol. The van der Waals surface area contributed by atoms with Gasteiger partial charge in [-0.25, -0.2) is 0 Å². The molecule has 0 aromatic rings. The first-order valence-corrected chi connectivity index (χ1v) is 9.63. The van der Waals surface area contributed by atoms with Crippen LogP contribution in [0.15, 0.2) is 0 Å². The molecule has 0 nitrogen and oxygen atoms in total. The summed E-state index contributed by atoms with van der Waals surface area (Å²) >= 11 is 3.88. The highest BCUT2D eigenvalue weighted by Gasteiger charge is 2.29. The molecule has 0 heterocycles. The van der Waals surface area contributed by atoms with E-state index in [1.54, 1.807) is 0 Å². The zero-order valence-electron chi connectivity index (χ0n) is 6.99. The van der Waals surface area contributed by atoms with Gasteiger partial charge in [0, 0.05) is 0 Å². The maximum atomic E-state index is 3.88. The van der Waals surface area contributed by atoms with Crippen LogP contribution in [0, 0.1) is 0 Å². The van der Waals surface area contributed by atoms with Crippen LogP contribution in [0.2, 0.25) is 18.6 Å². The average molecular weight is 221 g/mol.